The van der Waals surface area contributed by atoms with E-state index in [-0.39, 0.29) is 11.5 Å². The summed E-state index contributed by atoms with van der Waals surface area (Å²) in [5.41, 5.74) is -0.632. The number of aromatic nitrogens is 1. The summed E-state index contributed by atoms with van der Waals surface area (Å²) in [5, 5.41) is 11.8. The maximum Gasteiger partial charge on any atom is 0.326 e. The lowest BCUT2D eigenvalue weighted by Crippen LogP contribution is -2.53. The molecule has 2 N–H and O–H groups in total. The first kappa shape index (κ1) is 17.9. The van der Waals surface area contributed by atoms with E-state index in [4.69, 9.17) is 0 Å². The molecule has 6 heteroatoms. The Kier molecular flexibility index (Phi) is 5.52. The molecule has 1 atom stereocenters. The predicted molar refractivity (Wildman–Crippen MR) is 83.8 cm³/mol. The van der Waals surface area contributed by atoms with Crippen molar-refractivity contribution in [3.05, 3.63) is 34.2 Å². The first-order chi connectivity index (χ1) is 10.1. The fourth-order valence-corrected chi connectivity index (χ4v) is 2.17. The van der Waals surface area contributed by atoms with Gasteiger partial charge in [-0.3, -0.25) is 9.59 Å². The van der Waals surface area contributed by atoms with Crippen LogP contribution in [0, 0.1) is 12.8 Å². The first-order valence-corrected chi connectivity index (χ1v) is 7.29. The van der Waals surface area contributed by atoms with Gasteiger partial charge in [0.2, 0.25) is 5.91 Å². The summed E-state index contributed by atoms with van der Waals surface area (Å²) in [4.78, 5) is 35.7. The quantitative estimate of drug-likeness (QED) is 0.833. The summed E-state index contributed by atoms with van der Waals surface area (Å²) in [6.07, 6.45) is 1.93. The standard InChI is InChI=1S/C16H24N2O4/c1-10(2)8-12(14(20)21)17-15(22)16(4,5)18-9-11(3)6-7-13(18)19/h6-7,9-10,12H,8H2,1-5H3,(H,17,22)(H,20,21). The Morgan fingerprint density at radius 1 is 1.32 bits per heavy atom. The van der Waals surface area contributed by atoms with E-state index in [1.807, 2.05) is 20.8 Å². The molecular weight excluding hydrogens is 284 g/mol. The van der Waals surface area contributed by atoms with Crippen LogP contribution in [0.4, 0.5) is 0 Å². The molecule has 0 fully saturated rings. The molecule has 0 aliphatic rings. The van der Waals surface area contributed by atoms with E-state index in [0.717, 1.165) is 5.56 Å². The highest BCUT2D eigenvalue weighted by Gasteiger charge is 2.33. The minimum Gasteiger partial charge on any atom is -0.480 e. The fourth-order valence-electron chi connectivity index (χ4n) is 2.17. The van der Waals surface area contributed by atoms with E-state index in [1.54, 1.807) is 26.1 Å². The zero-order valence-corrected chi connectivity index (χ0v) is 13.7. The van der Waals surface area contributed by atoms with Gasteiger partial charge in [0.15, 0.2) is 0 Å². The Labute approximate surface area is 130 Å². The minimum absolute atomic E-state index is 0.131. The summed E-state index contributed by atoms with van der Waals surface area (Å²) < 4.78 is 1.33. The number of aryl methyl sites for hydroxylation is 1. The van der Waals surface area contributed by atoms with Crippen LogP contribution in [0.3, 0.4) is 0 Å². The molecule has 1 unspecified atom stereocenters. The summed E-state index contributed by atoms with van der Waals surface area (Å²) >= 11 is 0. The molecule has 1 aromatic heterocycles. The van der Waals surface area contributed by atoms with Crippen molar-refractivity contribution < 1.29 is 14.7 Å². The van der Waals surface area contributed by atoms with Crippen molar-refractivity contribution in [2.24, 2.45) is 5.92 Å². The molecule has 1 heterocycles. The molecule has 0 aliphatic heterocycles. The van der Waals surface area contributed by atoms with Gasteiger partial charge >= 0.3 is 5.97 Å². The van der Waals surface area contributed by atoms with Gasteiger partial charge in [-0.05, 0) is 38.7 Å². The highest BCUT2D eigenvalue weighted by molar-refractivity contribution is 5.88. The number of hydrogen-bond donors (Lipinski definition) is 2. The normalized spacial score (nSPS) is 13.0. The van der Waals surface area contributed by atoms with Gasteiger partial charge in [0.05, 0.1) is 0 Å². The number of carboxylic acids is 1. The van der Waals surface area contributed by atoms with E-state index in [9.17, 15) is 19.5 Å². The molecule has 0 aromatic carbocycles. The maximum absolute atomic E-state index is 12.5. The number of nitrogens with zero attached hydrogens (tertiary/aromatic N) is 1. The van der Waals surface area contributed by atoms with Gasteiger partial charge in [-0.1, -0.05) is 19.9 Å². The number of rotatable bonds is 6. The Morgan fingerprint density at radius 2 is 1.91 bits per heavy atom. The van der Waals surface area contributed by atoms with Gasteiger partial charge in [0.25, 0.3) is 5.56 Å². The van der Waals surface area contributed by atoms with Gasteiger partial charge < -0.3 is 15.0 Å². The van der Waals surface area contributed by atoms with Crippen LogP contribution in [-0.2, 0) is 15.1 Å². The Bertz CT molecular complexity index is 617. The predicted octanol–water partition coefficient (Wildman–Crippen LogP) is 1.51. The average Bonchev–Trinajstić information content (AvgIpc) is 2.39. The van der Waals surface area contributed by atoms with Gasteiger partial charge in [0, 0.05) is 12.3 Å². The molecule has 1 aromatic rings. The van der Waals surface area contributed by atoms with Crippen LogP contribution < -0.4 is 10.9 Å². The van der Waals surface area contributed by atoms with Crippen LogP contribution in [-0.4, -0.2) is 27.6 Å². The largest absolute Gasteiger partial charge is 0.480 e. The second-order valence-electron chi connectivity index (χ2n) is 6.47. The third-order valence-corrected chi connectivity index (χ3v) is 3.53. The van der Waals surface area contributed by atoms with Crippen LogP contribution in [0.2, 0.25) is 0 Å². The Hall–Kier alpha value is -2.11. The summed E-state index contributed by atoms with van der Waals surface area (Å²) in [5.74, 6) is -1.44. The number of aliphatic carboxylic acids is 1. The summed E-state index contributed by atoms with van der Waals surface area (Å²) in [6.45, 7) is 8.79. The lowest BCUT2D eigenvalue weighted by atomic mass is 9.99. The molecule has 0 aliphatic carbocycles. The number of carbonyl (C=O) groups excluding carboxylic acids is 1. The van der Waals surface area contributed by atoms with E-state index in [0.29, 0.717) is 6.42 Å². The molecule has 1 amide bonds. The number of carbonyl (C=O) groups is 2. The minimum atomic E-state index is -1.17. The first-order valence-electron chi connectivity index (χ1n) is 7.29. The highest BCUT2D eigenvalue weighted by Crippen LogP contribution is 2.15. The number of hydrogen-bond acceptors (Lipinski definition) is 3. The molecule has 0 radical (unpaired) electrons. The third-order valence-electron chi connectivity index (χ3n) is 3.53. The highest BCUT2D eigenvalue weighted by atomic mass is 16.4. The Morgan fingerprint density at radius 3 is 2.41 bits per heavy atom. The molecule has 0 saturated carbocycles. The zero-order chi connectivity index (χ0) is 17.1. The topological polar surface area (TPSA) is 88.4 Å². The van der Waals surface area contributed by atoms with Crippen LogP contribution >= 0.6 is 0 Å². The fraction of sp³-hybridized carbons (Fsp3) is 0.562. The molecule has 0 saturated heterocycles. The number of pyridine rings is 1. The van der Waals surface area contributed by atoms with Crippen LogP contribution in [0.1, 0.15) is 39.7 Å². The van der Waals surface area contributed by atoms with E-state index in [2.05, 4.69) is 5.32 Å². The lowest BCUT2D eigenvalue weighted by Gasteiger charge is -2.28. The van der Waals surface area contributed by atoms with Crippen molar-refractivity contribution in [1.82, 2.24) is 9.88 Å². The van der Waals surface area contributed by atoms with Gasteiger partial charge in [0.1, 0.15) is 11.6 Å². The molecule has 1 rings (SSSR count). The van der Waals surface area contributed by atoms with Gasteiger partial charge in [-0.25, -0.2) is 4.79 Å². The second kappa shape index (κ2) is 6.77. The van der Waals surface area contributed by atoms with Gasteiger partial charge in [-0.15, -0.1) is 0 Å². The maximum atomic E-state index is 12.5. The van der Waals surface area contributed by atoms with Crippen LogP contribution in [0.25, 0.3) is 0 Å². The number of carboxylic acid groups (broad SMARTS) is 1. The van der Waals surface area contributed by atoms with E-state index in [1.165, 1.54) is 10.6 Å². The van der Waals surface area contributed by atoms with Crippen LogP contribution in [0.5, 0.6) is 0 Å². The van der Waals surface area contributed by atoms with Crippen molar-refractivity contribution in [2.45, 2.75) is 52.6 Å². The third kappa shape index (κ3) is 4.19. The zero-order valence-electron chi connectivity index (χ0n) is 13.7. The smallest absolute Gasteiger partial charge is 0.326 e. The monoisotopic (exact) mass is 308 g/mol. The molecule has 6 nitrogen and oxygen atoms in total. The average molecular weight is 308 g/mol. The van der Waals surface area contributed by atoms with Crippen molar-refractivity contribution >= 4 is 11.9 Å². The molecule has 0 spiro atoms. The molecule has 0 bridgehead atoms. The Balaban J connectivity index is 3.06. The van der Waals surface area contributed by atoms with Crippen LogP contribution in [0.15, 0.2) is 23.1 Å². The van der Waals surface area contributed by atoms with E-state index >= 15 is 0 Å². The number of amides is 1. The number of nitrogens with one attached hydrogen (secondary N) is 1. The molecule has 22 heavy (non-hydrogen) atoms. The van der Waals surface area contributed by atoms with Crippen molar-refractivity contribution in [3.63, 3.8) is 0 Å². The van der Waals surface area contributed by atoms with Crippen molar-refractivity contribution in [1.29, 1.82) is 0 Å². The lowest BCUT2D eigenvalue weighted by molar-refractivity contribution is -0.143. The summed E-state index contributed by atoms with van der Waals surface area (Å²) in [7, 11) is 0. The molecular formula is C16H24N2O4. The SMILES string of the molecule is Cc1ccc(=O)n(C(C)(C)C(=O)NC(CC(C)C)C(=O)O)c1. The van der Waals surface area contributed by atoms with E-state index < -0.39 is 23.5 Å². The molecule has 122 valence electrons. The second-order valence-corrected chi connectivity index (χ2v) is 6.47. The van der Waals surface area contributed by atoms with Gasteiger partial charge in [-0.2, -0.15) is 0 Å². The van der Waals surface area contributed by atoms with Crippen molar-refractivity contribution in [3.8, 4) is 0 Å². The summed E-state index contributed by atoms with van der Waals surface area (Å²) in [6, 6.07) is 2.10. The van der Waals surface area contributed by atoms with Crippen molar-refractivity contribution in [2.75, 3.05) is 0 Å².